The number of amides is 1. The van der Waals surface area contributed by atoms with Crippen LogP contribution < -0.4 is 5.32 Å². The number of aromatic nitrogens is 2. The molecule has 3 rings (SSSR count). The Kier molecular flexibility index (Phi) is 5.22. The topological polar surface area (TPSA) is 58.1 Å². The van der Waals surface area contributed by atoms with E-state index in [1.54, 1.807) is 11.0 Å². The highest BCUT2D eigenvalue weighted by Gasteiger charge is 2.29. The van der Waals surface area contributed by atoms with Gasteiger partial charge in [0.15, 0.2) is 0 Å². The highest BCUT2D eigenvalue weighted by Crippen LogP contribution is 2.25. The van der Waals surface area contributed by atoms with Crippen molar-refractivity contribution in [1.82, 2.24) is 19.8 Å². The summed E-state index contributed by atoms with van der Waals surface area (Å²) in [7, 11) is 0. The molecule has 1 aliphatic heterocycles. The van der Waals surface area contributed by atoms with Gasteiger partial charge in [-0.05, 0) is 29.2 Å². The second kappa shape index (κ2) is 6.93. The molecule has 2 heterocycles. The first kappa shape index (κ1) is 15.8. The van der Waals surface area contributed by atoms with E-state index in [2.05, 4.69) is 14.9 Å². The average Bonchev–Trinajstić information content (AvgIpc) is 3.01. The summed E-state index contributed by atoms with van der Waals surface area (Å²) in [5, 5.41) is 6.93. The van der Waals surface area contributed by atoms with E-state index in [0.29, 0.717) is 18.0 Å². The van der Waals surface area contributed by atoms with Crippen LogP contribution in [-0.4, -0.2) is 40.0 Å². The summed E-state index contributed by atoms with van der Waals surface area (Å²) in [5.74, 6) is -0.393. The smallest absolute Gasteiger partial charge is 0.267 e. The number of benzene rings is 1. The van der Waals surface area contributed by atoms with E-state index in [9.17, 15) is 9.18 Å². The van der Waals surface area contributed by atoms with Crippen LogP contribution in [0.3, 0.4) is 0 Å². The number of rotatable bonds is 2. The Bertz CT molecular complexity index is 610. The average molecular weight is 329 g/mol. The van der Waals surface area contributed by atoms with E-state index in [1.165, 1.54) is 18.3 Å². The van der Waals surface area contributed by atoms with Crippen LogP contribution in [-0.2, 0) is 0 Å². The molecule has 1 aliphatic rings. The molecule has 1 aromatic carbocycles. The first-order valence-electron chi connectivity index (χ1n) is 6.30. The maximum Gasteiger partial charge on any atom is 0.267 e. The predicted octanol–water partition coefficient (Wildman–Crippen LogP) is 1.89. The van der Waals surface area contributed by atoms with Gasteiger partial charge in [-0.25, -0.2) is 4.39 Å². The lowest BCUT2D eigenvalue weighted by atomic mass is 10.0. The SMILES string of the molecule is Cl.O=C(c1cnns1)N1CCNCC1c1cccc(F)c1. The van der Waals surface area contributed by atoms with Crippen LogP contribution in [0.5, 0.6) is 0 Å². The van der Waals surface area contributed by atoms with Crippen molar-refractivity contribution < 1.29 is 9.18 Å². The summed E-state index contributed by atoms with van der Waals surface area (Å²) in [6, 6.07) is 6.21. The number of nitrogens with one attached hydrogen (secondary N) is 1. The van der Waals surface area contributed by atoms with Gasteiger partial charge in [0, 0.05) is 19.6 Å². The number of halogens is 2. The van der Waals surface area contributed by atoms with Gasteiger partial charge in [-0.3, -0.25) is 4.79 Å². The zero-order valence-corrected chi connectivity index (χ0v) is 12.7. The third-order valence-corrected chi connectivity index (χ3v) is 3.96. The molecule has 112 valence electrons. The predicted molar refractivity (Wildman–Crippen MR) is 80.2 cm³/mol. The zero-order chi connectivity index (χ0) is 13.9. The molecule has 1 atom stereocenters. The summed E-state index contributed by atoms with van der Waals surface area (Å²) in [5.41, 5.74) is 0.794. The molecule has 2 aromatic rings. The number of carbonyl (C=O) groups is 1. The Balaban J connectivity index is 0.00000161. The fraction of sp³-hybridized carbons (Fsp3) is 0.308. The Morgan fingerprint density at radius 2 is 2.33 bits per heavy atom. The molecule has 8 heteroatoms. The maximum absolute atomic E-state index is 13.4. The van der Waals surface area contributed by atoms with E-state index in [0.717, 1.165) is 23.6 Å². The third kappa shape index (κ3) is 3.37. The van der Waals surface area contributed by atoms with Gasteiger partial charge in [0.25, 0.3) is 5.91 Å². The zero-order valence-electron chi connectivity index (χ0n) is 11.0. The van der Waals surface area contributed by atoms with Crippen LogP contribution in [0.2, 0.25) is 0 Å². The number of piperazine rings is 1. The molecule has 21 heavy (non-hydrogen) atoms. The van der Waals surface area contributed by atoms with E-state index in [4.69, 9.17) is 0 Å². The molecule has 0 spiro atoms. The van der Waals surface area contributed by atoms with Crippen molar-refractivity contribution in [3.05, 3.63) is 46.7 Å². The second-order valence-corrected chi connectivity index (χ2v) is 5.34. The number of hydrogen-bond acceptors (Lipinski definition) is 5. The van der Waals surface area contributed by atoms with Crippen LogP contribution in [0.4, 0.5) is 4.39 Å². The van der Waals surface area contributed by atoms with Crippen LogP contribution in [0.1, 0.15) is 21.3 Å². The summed E-state index contributed by atoms with van der Waals surface area (Å²) in [4.78, 5) is 14.7. The van der Waals surface area contributed by atoms with Gasteiger partial charge in [0.05, 0.1) is 12.2 Å². The largest absolute Gasteiger partial charge is 0.328 e. The van der Waals surface area contributed by atoms with Crippen LogP contribution in [0, 0.1) is 5.82 Å². The quantitative estimate of drug-likeness (QED) is 0.914. The van der Waals surface area contributed by atoms with Gasteiger partial charge >= 0.3 is 0 Å². The van der Waals surface area contributed by atoms with Crippen LogP contribution in [0.15, 0.2) is 30.5 Å². The van der Waals surface area contributed by atoms with Gasteiger partial charge in [-0.2, -0.15) is 0 Å². The second-order valence-electron chi connectivity index (χ2n) is 4.56. The van der Waals surface area contributed by atoms with Crippen LogP contribution in [0.25, 0.3) is 0 Å². The van der Waals surface area contributed by atoms with Gasteiger partial charge in [0.1, 0.15) is 10.7 Å². The van der Waals surface area contributed by atoms with E-state index < -0.39 is 0 Å². The summed E-state index contributed by atoms with van der Waals surface area (Å²) < 4.78 is 17.1. The lowest BCUT2D eigenvalue weighted by Gasteiger charge is -2.36. The molecular formula is C13H14ClFN4OS. The van der Waals surface area contributed by atoms with Crippen molar-refractivity contribution in [3.63, 3.8) is 0 Å². The molecule has 1 aromatic heterocycles. The molecule has 1 N–H and O–H groups in total. The van der Waals surface area contributed by atoms with Gasteiger partial charge in [-0.1, -0.05) is 16.6 Å². The van der Waals surface area contributed by atoms with Crippen molar-refractivity contribution in [2.24, 2.45) is 0 Å². The minimum Gasteiger partial charge on any atom is -0.328 e. The fourth-order valence-electron chi connectivity index (χ4n) is 2.36. The van der Waals surface area contributed by atoms with Crippen molar-refractivity contribution in [2.75, 3.05) is 19.6 Å². The highest BCUT2D eigenvalue weighted by atomic mass is 35.5. The van der Waals surface area contributed by atoms with Gasteiger partial charge < -0.3 is 10.2 Å². The van der Waals surface area contributed by atoms with Crippen molar-refractivity contribution in [1.29, 1.82) is 0 Å². The lowest BCUT2D eigenvalue weighted by molar-refractivity contribution is 0.0638. The number of nitrogens with zero attached hydrogens (tertiary/aromatic N) is 3. The molecule has 1 saturated heterocycles. The Labute approximate surface area is 131 Å². The normalized spacial score (nSPS) is 18.1. The number of carbonyl (C=O) groups excluding carboxylic acids is 1. The van der Waals surface area contributed by atoms with Crippen LogP contribution >= 0.6 is 23.9 Å². The minimum atomic E-state index is -0.292. The first-order chi connectivity index (χ1) is 9.75. The first-order valence-corrected chi connectivity index (χ1v) is 7.07. The fourth-order valence-corrected chi connectivity index (χ4v) is 2.83. The number of hydrogen-bond donors (Lipinski definition) is 1. The van der Waals surface area contributed by atoms with E-state index in [1.807, 2.05) is 6.07 Å². The molecule has 1 fully saturated rings. The van der Waals surface area contributed by atoms with E-state index >= 15 is 0 Å². The minimum absolute atomic E-state index is 0. The van der Waals surface area contributed by atoms with Crippen molar-refractivity contribution in [2.45, 2.75) is 6.04 Å². The van der Waals surface area contributed by atoms with Crippen molar-refractivity contribution >= 4 is 29.8 Å². The van der Waals surface area contributed by atoms with Gasteiger partial charge in [-0.15, -0.1) is 17.5 Å². The van der Waals surface area contributed by atoms with Crippen molar-refractivity contribution in [3.8, 4) is 0 Å². The Hall–Kier alpha value is -1.57. The highest BCUT2D eigenvalue weighted by molar-refractivity contribution is 7.07. The standard InChI is InChI=1S/C13H13FN4OS.ClH/c14-10-3-1-2-9(6-10)11-7-15-4-5-18(11)13(19)12-8-16-17-20-12;/h1-3,6,8,11,15H,4-5,7H2;1H. The van der Waals surface area contributed by atoms with E-state index in [-0.39, 0.29) is 30.2 Å². The Morgan fingerprint density at radius 1 is 1.48 bits per heavy atom. The monoisotopic (exact) mass is 328 g/mol. The Morgan fingerprint density at radius 3 is 3.05 bits per heavy atom. The summed E-state index contributed by atoms with van der Waals surface area (Å²) in [6.45, 7) is 1.92. The lowest BCUT2D eigenvalue weighted by Crippen LogP contribution is -2.48. The molecule has 0 bridgehead atoms. The molecule has 0 aliphatic carbocycles. The third-order valence-electron chi connectivity index (χ3n) is 3.31. The molecule has 0 saturated carbocycles. The molecular weight excluding hydrogens is 315 g/mol. The molecule has 1 unspecified atom stereocenters. The summed E-state index contributed by atoms with van der Waals surface area (Å²) in [6.07, 6.45) is 1.47. The molecule has 0 radical (unpaired) electrons. The summed E-state index contributed by atoms with van der Waals surface area (Å²) >= 11 is 1.08. The van der Waals surface area contributed by atoms with Gasteiger partial charge in [0.2, 0.25) is 0 Å². The maximum atomic E-state index is 13.4. The molecule has 1 amide bonds. The molecule has 5 nitrogen and oxygen atoms in total.